The van der Waals surface area contributed by atoms with E-state index in [2.05, 4.69) is 20.8 Å². The lowest BCUT2D eigenvalue weighted by molar-refractivity contribution is -0.196. The van der Waals surface area contributed by atoms with Crippen molar-refractivity contribution in [3.63, 3.8) is 0 Å². The Morgan fingerprint density at radius 3 is 2.53 bits per heavy atom. The standard InChI is InChI=1S/C16H28O3/c1-9(17)10(2)18-13-8-11-12-6-7-16(5,14(11)19-13)15(12,3)4/h9-14,17H,6-8H2,1-5H3/t9-,10+,11-,12+,13-,14-,16-/m0/s1. The molecule has 3 aliphatic rings. The van der Waals surface area contributed by atoms with Crippen molar-refractivity contribution in [3.05, 3.63) is 0 Å². The van der Waals surface area contributed by atoms with Gasteiger partial charge in [-0.2, -0.15) is 0 Å². The third kappa shape index (κ3) is 1.74. The Balaban J connectivity index is 1.72. The molecule has 1 N–H and O–H groups in total. The third-order valence-electron chi connectivity index (χ3n) is 6.72. The molecule has 2 bridgehead atoms. The molecular weight excluding hydrogens is 240 g/mol. The molecule has 3 fully saturated rings. The van der Waals surface area contributed by atoms with Crippen molar-refractivity contribution >= 4 is 0 Å². The number of aliphatic hydroxyl groups excluding tert-OH is 1. The van der Waals surface area contributed by atoms with Gasteiger partial charge in [0.25, 0.3) is 0 Å². The minimum atomic E-state index is -0.437. The molecule has 0 aromatic carbocycles. The minimum Gasteiger partial charge on any atom is -0.391 e. The molecule has 1 saturated heterocycles. The predicted molar refractivity (Wildman–Crippen MR) is 73.6 cm³/mol. The summed E-state index contributed by atoms with van der Waals surface area (Å²) in [6.45, 7) is 10.9. The van der Waals surface area contributed by atoms with Gasteiger partial charge in [0.2, 0.25) is 0 Å². The second-order valence-corrected chi connectivity index (χ2v) is 7.75. The van der Waals surface area contributed by atoms with E-state index >= 15 is 0 Å². The molecule has 1 heterocycles. The Morgan fingerprint density at radius 2 is 1.95 bits per heavy atom. The molecule has 110 valence electrons. The summed E-state index contributed by atoms with van der Waals surface area (Å²) in [6, 6.07) is 0. The van der Waals surface area contributed by atoms with Crippen molar-refractivity contribution in [2.75, 3.05) is 0 Å². The van der Waals surface area contributed by atoms with Crippen molar-refractivity contribution in [1.29, 1.82) is 0 Å². The zero-order valence-corrected chi connectivity index (χ0v) is 12.8. The highest BCUT2D eigenvalue weighted by Crippen LogP contribution is 2.71. The molecule has 19 heavy (non-hydrogen) atoms. The lowest BCUT2D eigenvalue weighted by Gasteiger charge is -2.38. The molecule has 3 heteroatoms. The number of rotatable bonds is 3. The summed E-state index contributed by atoms with van der Waals surface area (Å²) in [5, 5.41) is 9.55. The van der Waals surface area contributed by atoms with Gasteiger partial charge in [-0.1, -0.05) is 20.8 Å². The smallest absolute Gasteiger partial charge is 0.158 e. The largest absolute Gasteiger partial charge is 0.391 e. The highest BCUT2D eigenvalue weighted by molar-refractivity contribution is 5.16. The summed E-state index contributed by atoms with van der Waals surface area (Å²) in [4.78, 5) is 0. The van der Waals surface area contributed by atoms with E-state index in [0.717, 1.165) is 12.3 Å². The van der Waals surface area contributed by atoms with Gasteiger partial charge in [-0.05, 0) is 49.4 Å². The lowest BCUT2D eigenvalue weighted by atomic mass is 9.70. The molecule has 0 aromatic rings. The van der Waals surface area contributed by atoms with Crippen molar-refractivity contribution in [1.82, 2.24) is 0 Å². The van der Waals surface area contributed by atoms with Crippen LogP contribution in [-0.2, 0) is 9.47 Å². The van der Waals surface area contributed by atoms with Crippen molar-refractivity contribution < 1.29 is 14.6 Å². The fraction of sp³-hybridized carbons (Fsp3) is 1.00. The molecule has 0 spiro atoms. The van der Waals surface area contributed by atoms with E-state index < -0.39 is 6.10 Å². The van der Waals surface area contributed by atoms with Crippen LogP contribution in [0.2, 0.25) is 0 Å². The van der Waals surface area contributed by atoms with Gasteiger partial charge in [0, 0.05) is 6.42 Å². The van der Waals surface area contributed by atoms with Crippen LogP contribution in [0, 0.1) is 22.7 Å². The van der Waals surface area contributed by atoms with E-state index in [9.17, 15) is 5.11 Å². The SMILES string of the molecule is C[C@H](O)[C@@H](C)O[C@@H]1C[C@H]2[C@H]3CC[C@@](C)([C@H]2O1)C3(C)C. The number of hydrogen-bond acceptors (Lipinski definition) is 3. The Bertz CT molecular complexity index is 365. The average molecular weight is 268 g/mol. The highest BCUT2D eigenvalue weighted by atomic mass is 16.7. The Morgan fingerprint density at radius 1 is 1.26 bits per heavy atom. The van der Waals surface area contributed by atoms with Crippen LogP contribution in [0.5, 0.6) is 0 Å². The predicted octanol–water partition coefficient (Wildman–Crippen LogP) is 2.96. The Hall–Kier alpha value is -0.120. The summed E-state index contributed by atoms with van der Waals surface area (Å²) in [5.41, 5.74) is 0.692. The maximum Gasteiger partial charge on any atom is 0.158 e. The molecule has 3 rings (SSSR count). The van der Waals surface area contributed by atoms with Gasteiger partial charge in [0.15, 0.2) is 6.29 Å². The maximum atomic E-state index is 9.55. The fourth-order valence-corrected chi connectivity index (χ4v) is 4.92. The van der Waals surface area contributed by atoms with Gasteiger partial charge in [0.1, 0.15) is 0 Å². The molecule has 0 aromatic heterocycles. The van der Waals surface area contributed by atoms with E-state index in [1.165, 1.54) is 12.8 Å². The Kier molecular flexibility index (Phi) is 3.05. The maximum absolute atomic E-state index is 9.55. The number of aliphatic hydroxyl groups is 1. The van der Waals surface area contributed by atoms with E-state index in [0.29, 0.717) is 22.9 Å². The molecule has 0 unspecified atom stereocenters. The van der Waals surface area contributed by atoms with Gasteiger partial charge in [-0.15, -0.1) is 0 Å². The van der Waals surface area contributed by atoms with Crippen LogP contribution in [0.25, 0.3) is 0 Å². The van der Waals surface area contributed by atoms with Crippen LogP contribution in [0.3, 0.4) is 0 Å². The van der Waals surface area contributed by atoms with Gasteiger partial charge in [-0.3, -0.25) is 0 Å². The fourth-order valence-electron chi connectivity index (χ4n) is 4.92. The quantitative estimate of drug-likeness (QED) is 0.855. The number of hydrogen-bond donors (Lipinski definition) is 1. The van der Waals surface area contributed by atoms with Crippen LogP contribution >= 0.6 is 0 Å². The molecule has 7 atom stereocenters. The van der Waals surface area contributed by atoms with E-state index in [1.807, 2.05) is 6.92 Å². The molecular formula is C16H28O3. The highest BCUT2D eigenvalue weighted by Gasteiger charge is 2.69. The first-order valence-electron chi connectivity index (χ1n) is 7.76. The molecule has 3 nitrogen and oxygen atoms in total. The van der Waals surface area contributed by atoms with Crippen LogP contribution in [0.15, 0.2) is 0 Å². The molecule has 0 amide bonds. The van der Waals surface area contributed by atoms with Crippen molar-refractivity contribution in [3.8, 4) is 0 Å². The van der Waals surface area contributed by atoms with Crippen LogP contribution in [-0.4, -0.2) is 29.7 Å². The van der Waals surface area contributed by atoms with Crippen LogP contribution in [0.1, 0.15) is 53.9 Å². The lowest BCUT2D eigenvalue weighted by Crippen LogP contribution is -2.38. The monoisotopic (exact) mass is 268 g/mol. The second-order valence-electron chi connectivity index (χ2n) is 7.75. The van der Waals surface area contributed by atoms with Gasteiger partial charge in [0.05, 0.1) is 18.3 Å². The first-order chi connectivity index (χ1) is 8.77. The normalized spacial score (nSPS) is 50.2. The summed E-state index contributed by atoms with van der Waals surface area (Å²) in [7, 11) is 0. The van der Waals surface area contributed by atoms with Crippen molar-refractivity contribution in [2.24, 2.45) is 22.7 Å². The molecule has 1 aliphatic heterocycles. The zero-order chi connectivity index (χ0) is 14.0. The Labute approximate surface area is 116 Å². The summed E-state index contributed by atoms with van der Waals surface area (Å²) in [5.74, 6) is 1.43. The first kappa shape index (κ1) is 13.8. The van der Waals surface area contributed by atoms with E-state index in [1.54, 1.807) is 6.92 Å². The van der Waals surface area contributed by atoms with Gasteiger partial charge in [-0.25, -0.2) is 0 Å². The summed E-state index contributed by atoms with van der Waals surface area (Å²) < 4.78 is 12.1. The van der Waals surface area contributed by atoms with Crippen molar-refractivity contribution in [2.45, 2.75) is 78.5 Å². The second kappa shape index (κ2) is 4.19. The number of fused-ring (bicyclic) bond motifs is 5. The van der Waals surface area contributed by atoms with E-state index in [-0.39, 0.29) is 12.4 Å². The zero-order valence-electron chi connectivity index (χ0n) is 12.8. The van der Waals surface area contributed by atoms with Gasteiger partial charge < -0.3 is 14.6 Å². The summed E-state index contributed by atoms with van der Waals surface area (Å²) in [6.07, 6.45) is 3.28. The third-order valence-corrected chi connectivity index (χ3v) is 6.72. The van der Waals surface area contributed by atoms with E-state index in [4.69, 9.17) is 9.47 Å². The average Bonchev–Trinajstić information content (AvgIpc) is 2.85. The summed E-state index contributed by atoms with van der Waals surface area (Å²) >= 11 is 0. The van der Waals surface area contributed by atoms with Gasteiger partial charge >= 0.3 is 0 Å². The molecule has 2 saturated carbocycles. The van der Waals surface area contributed by atoms with Crippen LogP contribution < -0.4 is 0 Å². The topological polar surface area (TPSA) is 38.7 Å². The first-order valence-corrected chi connectivity index (χ1v) is 7.76. The molecule has 0 radical (unpaired) electrons. The minimum absolute atomic E-state index is 0.115. The number of ether oxygens (including phenoxy) is 2. The van der Waals surface area contributed by atoms with Crippen LogP contribution in [0.4, 0.5) is 0 Å². The molecule has 2 aliphatic carbocycles.